The fourth-order valence-electron chi connectivity index (χ4n) is 3.53. The fraction of sp³-hybridized carbons (Fsp3) is 0.400. The lowest BCUT2D eigenvalue weighted by Gasteiger charge is -2.16. The Hall–Kier alpha value is -2.57. The second-order valence-corrected chi connectivity index (χ2v) is 5.81. The molecule has 0 radical (unpaired) electrons. The SMILES string of the molecule is CCC1CN(C(=O)O)CC1c1cnc2cnc3[nH]ccc3n12. The number of rotatable bonds is 2. The summed E-state index contributed by atoms with van der Waals surface area (Å²) >= 11 is 0. The zero-order chi connectivity index (χ0) is 15.3. The van der Waals surface area contributed by atoms with Crippen molar-refractivity contribution < 1.29 is 9.90 Å². The van der Waals surface area contributed by atoms with Crippen LogP contribution in [0.15, 0.2) is 24.7 Å². The van der Waals surface area contributed by atoms with Crippen molar-refractivity contribution >= 4 is 22.9 Å². The zero-order valence-corrected chi connectivity index (χ0v) is 12.2. The highest BCUT2D eigenvalue weighted by molar-refractivity contribution is 5.74. The minimum Gasteiger partial charge on any atom is -0.465 e. The molecule has 114 valence electrons. The molecule has 0 bridgehead atoms. The van der Waals surface area contributed by atoms with Crippen LogP contribution in [0.1, 0.15) is 25.0 Å². The van der Waals surface area contributed by atoms with Gasteiger partial charge in [-0.1, -0.05) is 13.3 Å². The van der Waals surface area contributed by atoms with Gasteiger partial charge in [-0.2, -0.15) is 0 Å². The van der Waals surface area contributed by atoms with Crippen LogP contribution in [0.25, 0.3) is 16.8 Å². The van der Waals surface area contributed by atoms with Crippen molar-refractivity contribution in [2.45, 2.75) is 19.3 Å². The van der Waals surface area contributed by atoms with Gasteiger partial charge in [0.05, 0.1) is 11.7 Å². The van der Waals surface area contributed by atoms with Crippen LogP contribution >= 0.6 is 0 Å². The van der Waals surface area contributed by atoms with Gasteiger partial charge < -0.3 is 15.0 Å². The predicted molar refractivity (Wildman–Crippen MR) is 81.0 cm³/mol. The summed E-state index contributed by atoms with van der Waals surface area (Å²) in [6.45, 7) is 3.22. The van der Waals surface area contributed by atoms with E-state index in [0.717, 1.165) is 28.9 Å². The highest BCUT2D eigenvalue weighted by Crippen LogP contribution is 2.35. The number of carboxylic acid groups (broad SMARTS) is 1. The quantitative estimate of drug-likeness (QED) is 0.760. The summed E-state index contributed by atoms with van der Waals surface area (Å²) in [5.74, 6) is 0.481. The van der Waals surface area contributed by atoms with Gasteiger partial charge in [-0.05, 0) is 12.0 Å². The van der Waals surface area contributed by atoms with E-state index in [4.69, 9.17) is 0 Å². The molecule has 1 saturated heterocycles. The Labute approximate surface area is 126 Å². The summed E-state index contributed by atoms with van der Waals surface area (Å²) < 4.78 is 2.09. The number of imidazole rings is 1. The van der Waals surface area contributed by atoms with Gasteiger partial charge in [0, 0.05) is 37.1 Å². The van der Waals surface area contributed by atoms with Gasteiger partial charge in [-0.3, -0.25) is 4.40 Å². The number of hydrogen-bond donors (Lipinski definition) is 2. The maximum atomic E-state index is 11.3. The van der Waals surface area contributed by atoms with E-state index in [1.807, 2.05) is 18.5 Å². The van der Waals surface area contributed by atoms with Crippen molar-refractivity contribution in [3.63, 3.8) is 0 Å². The van der Waals surface area contributed by atoms with Crippen molar-refractivity contribution in [1.82, 2.24) is 24.3 Å². The molecule has 0 spiro atoms. The number of amides is 1. The second-order valence-electron chi connectivity index (χ2n) is 5.81. The van der Waals surface area contributed by atoms with E-state index in [0.29, 0.717) is 19.0 Å². The second kappa shape index (κ2) is 4.72. The summed E-state index contributed by atoms with van der Waals surface area (Å²) in [6.07, 6.45) is 5.57. The largest absolute Gasteiger partial charge is 0.465 e. The number of fused-ring (bicyclic) bond motifs is 3. The molecule has 1 aliphatic heterocycles. The van der Waals surface area contributed by atoms with Crippen LogP contribution in [0.3, 0.4) is 0 Å². The average molecular weight is 299 g/mol. The van der Waals surface area contributed by atoms with E-state index in [1.54, 1.807) is 6.20 Å². The van der Waals surface area contributed by atoms with Crippen LogP contribution in [0, 0.1) is 5.92 Å². The summed E-state index contributed by atoms with van der Waals surface area (Å²) in [5.41, 5.74) is 3.66. The Morgan fingerprint density at radius 2 is 2.27 bits per heavy atom. The molecule has 3 aromatic heterocycles. The molecule has 0 aromatic carbocycles. The van der Waals surface area contributed by atoms with Crippen molar-refractivity contribution in [3.8, 4) is 0 Å². The minimum absolute atomic E-state index is 0.164. The number of hydrogen-bond acceptors (Lipinski definition) is 3. The zero-order valence-electron chi connectivity index (χ0n) is 12.2. The molecule has 7 heteroatoms. The van der Waals surface area contributed by atoms with Crippen molar-refractivity contribution in [3.05, 3.63) is 30.4 Å². The van der Waals surface area contributed by atoms with E-state index >= 15 is 0 Å². The van der Waals surface area contributed by atoms with Gasteiger partial charge in [0.2, 0.25) is 0 Å². The van der Waals surface area contributed by atoms with Crippen LogP contribution in [-0.2, 0) is 0 Å². The van der Waals surface area contributed by atoms with E-state index in [9.17, 15) is 9.90 Å². The Morgan fingerprint density at radius 3 is 3.05 bits per heavy atom. The molecule has 0 aliphatic carbocycles. The molecule has 4 rings (SSSR count). The number of nitrogens with zero attached hydrogens (tertiary/aromatic N) is 4. The number of aromatic nitrogens is 4. The first kappa shape index (κ1) is 13.1. The first-order chi connectivity index (χ1) is 10.7. The molecule has 2 N–H and O–H groups in total. The van der Waals surface area contributed by atoms with E-state index in [-0.39, 0.29) is 5.92 Å². The normalized spacial score (nSPS) is 22.0. The van der Waals surface area contributed by atoms with Crippen molar-refractivity contribution in [2.24, 2.45) is 5.92 Å². The van der Waals surface area contributed by atoms with E-state index in [1.165, 1.54) is 4.90 Å². The van der Waals surface area contributed by atoms with Crippen LogP contribution in [0.5, 0.6) is 0 Å². The van der Waals surface area contributed by atoms with Crippen LogP contribution in [0.4, 0.5) is 4.79 Å². The lowest BCUT2D eigenvalue weighted by Crippen LogP contribution is -2.26. The Morgan fingerprint density at radius 1 is 1.41 bits per heavy atom. The molecule has 2 unspecified atom stereocenters. The lowest BCUT2D eigenvalue weighted by molar-refractivity contribution is 0.153. The van der Waals surface area contributed by atoms with Crippen LogP contribution in [0.2, 0.25) is 0 Å². The number of H-pyrrole nitrogens is 1. The molecular weight excluding hydrogens is 282 g/mol. The fourth-order valence-corrected chi connectivity index (χ4v) is 3.53. The third kappa shape index (κ3) is 1.78. The van der Waals surface area contributed by atoms with Gasteiger partial charge in [0.25, 0.3) is 0 Å². The molecule has 4 heterocycles. The number of aromatic amines is 1. The van der Waals surface area contributed by atoms with E-state index < -0.39 is 6.09 Å². The molecule has 1 amide bonds. The molecule has 22 heavy (non-hydrogen) atoms. The average Bonchev–Trinajstić information content (AvgIpc) is 3.22. The molecule has 0 saturated carbocycles. The van der Waals surface area contributed by atoms with Gasteiger partial charge in [0.1, 0.15) is 0 Å². The summed E-state index contributed by atoms with van der Waals surface area (Å²) in [7, 11) is 0. The molecule has 3 aromatic rings. The predicted octanol–water partition coefficient (Wildman–Crippen LogP) is 2.31. The van der Waals surface area contributed by atoms with Crippen LogP contribution in [-0.4, -0.2) is 48.5 Å². The van der Waals surface area contributed by atoms with Gasteiger partial charge in [0.15, 0.2) is 11.3 Å². The van der Waals surface area contributed by atoms with Gasteiger partial charge in [-0.25, -0.2) is 14.8 Å². The topological polar surface area (TPSA) is 86.5 Å². The van der Waals surface area contributed by atoms with Gasteiger partial charge >= 0.3 is 6.09 Å². The molecular formula is C15H17N5O2. The number of nitrogens with one attached hydrogen (secondary N) is 1. The first-order valence-corrected chi connectivity index (χ1v) is 7.46. The summed E-state index contributed by atoms with van der Waals surface area (Å²) in [4.78, 5) is 24.7. The molecule has 2 atom stereocenters. The molecule has 1 aliphatic rings. The highest BCUT2D eigenvalue weighted by atomic mass is 16.4. The molecule has 7 nitrogen and oxygen atoms in total. The highest BCUT2D eigenvalue weighted by Gasteiger charge is 2.36. The van der Waals surface area contributed by atoms with Crippen LogP contribution < -0.4 is 0 Å². The monoisotopic (exact) mass is 299 g/mol. The van der Waals surface area contributed by atoms with Crippen molar-refractivity contribution in [1.29, 1.82) is 0 Å². The maximum Gasteiger partial charge on any atom is 0.407 e. The number of carbonyl (C=O) groups is 1. The van der Waals surface area contributed by atoms with E-state index in [2.05, 4.69) is 26.3 Å². The Bertz CT molecular complexity index is 852. The maximum absolute atomic E-state index is 11.3. The Balaban J connectivity index is 1.86. The number of likely N-dealkylation sites (tertiary alicyclic amines) is 1. The summed E-state index contributed by atoms with van der Waals surface area (Å²) in [5, 5.41) is 9.28. The van der Waals surface area contributed by atoms with Crippen molar-refractivity contribution in [2.75, 3.05) is 13.1 Å². The Kier molecular flexibility index (Phi) is 2.82. The third-order valence-electron chi connectivity index (χ3n) is 4.69. The lowest BCUT2D eigenvalue weighted by atomic mass is 9.91. The molecule has 1 fully saturated rings. The first-order valence-electron chi connectivity index (χ1n) is 7.46. The minimum atomic E-state index is -0.844. The third-order valence-corrected chi connectivity index (χ3v) is 4.69. The smallest absolute Gasteiger partial charge is 0.407 e. The standard InChI is InChI=1S/C15H17N5O2/c1-2-9-7-19(15(21)22)8-10(9)12-5-17-13-6-18-14-11(20(12)13)3-4-16-14/h3-6,9-10,16H,2,7-8H2,1H3,(H,21,22). The summed E-state index contributed by atoms with van der Waals surface area (Å²) in [6, 6.07) is 1.98. The van der Waals surface area contributed by atoms with Gasteiger partial charge in [-0.15, -0.1) is 0 Å².